The second-order valence-corrected chi connectivity index (χ2v) is 5.31. The molecule has 0 heterocycles. The van der Waals surface area contributed by atoms with Crippen LogP contribution in [0.15, 0.2) is 12.1 Å². The van der Waals surface area contributed by atoms with E-state index >= 15 is 0 Å². The normalized spacial score (nSPS) is 23.4. The van der Waals surface area contributed by atoms with Gasteiger partial charge in [0.1, 0.15) is 5.82 Å². The van der Waals surface area contributed by atoms with Gasteiger partial charge in [0.05, 0.1) is 16.8 Å². The Labute approximate surface area is 112 Å². The maximum Gasteiger partial charge on any atom is 0.128 e. The molecule has 0 aliphatic heterocycles. The van der Waals surface area contributed by atoms with Gasteiger partial charge in [-0.2, -0.15) is 5.26 Å². The first-order valence-corrected chi connectivity index (χ1v) is 6.59. The molecule has 4 heteroatoms. The number of nitrogens with zero attached hydrogens (tertiary/aromatic N) is 1. The third-order valence-electron chi connectivity index (χ3n) is 3.52. The highest BCUT2D eigenvalue weighted by Gasteiger charge is 2.21. The average Bonchev–Trinajstić information content (AvgIpc) is 2.37. The Morgan fingerprint density at radius 3 is 2.61 bits per heavy atom. The fraction of sp³-hybridized carbons (Fsp3) is 0.500. The first-order valence-electron chi connectivity index (χ1n) is 6.22. The van der Waals surface area contributed by atoms with Crippen molar-refractivity contribution in [2.24, 2.45) is 5.92 Å². The molecule has 2 rings (SSSR count). The Kier molecular flexibility index (Phi) is 4.08. The van der Waals surface area contributed by atoms with Crippen molar-refractivity contribution < 1.29 is 4.39 Å². The zero-order valence-corrected chi connectivity index (χ0v) is 11.1. The topological polar surface area (TPSA) is 35.8 Å². The molecule has 1 saturated carbocycles. The van der Waals surface area contributed by atoms with Crippen molar-refractivity contribution in [3.63, 3.8) is 0 Å². The number of rotatable bonds is 2. The lowest BCUT2D eigenvalue weighted by atomic mass is 9.87. The number of anilines is 1. The predicted octanol–water partition coefficient (Wildman–Crippen LogP) is 4.28. The van der Waals surface area contributed by atoms with Crippen molar-refractivity contribution >= 4 is 17.3 Å². The van der Waals surface area contributed by atoms with E-state index in [0.717, 1.165) is 25.7 Å². The Balaban J connectivity index is 2.03. The van der Waals surface area contributed by atoms with Gasteiger partial charge < -0.3 is 5.32 Å². The molecule has 1 N–H and O–H groups in total. The van der Waals surface area contributed by atoms with E-state index in [1.807, 2.05) is 0 Å². The van der Waals surface area contributed by atoms with E-state index in [1.54, 1.807) is 13.0 Å². The molecular weight excluding hydrogens is 251 g/mol. The fourth-order valence-corrected chi connectivity index (χ4v) is 2.62. The fourth-order valence-electron chi connectivity index (χ4n) is 2.34. The summed E-state index contributed by atoms with van der Waals surface area (Å²) in [6, 6.07) is 5.68. The highest BCUT2D eigenvalue weighted by atomic mass is 35.5. The largest absolute Gasteiger partial charge is 0.381 e. The summed E-state index contributed by atoms with van der Waals surface area (Å²) in [5.41, 5.74) is 1.21. The van der Waals surface area contributed by atoms with Crippen molar-refractivity contribution in [3.8, 4) is 6.07 Å². The summed E-state index contributed by atoms with van der Waals surface area (Å²) in [4.78, 5) is 0. The summed E-state index contributed by atoms with van der Waals surface area (Å²) >= 11 is 6.10. The van der Waals surface area contributed by atoms with Gasteiger partial charge in [-0.25, -0.2) is 4.39 Å². The maximum absolute atomic E-state index is 13.5. The average molecular weight is 267 g/mol. The lowest BCUT2D eigenvalue weighted by molar-refractivity contribution is 0.397. The van der Waals surface area contributed by atoms with E-state index in [1.165, 1.54) is 6.07 Å². The molecule has 0 amide bonds. The smallest absolute Gasteiger partial charge is 0.128 e. The van der Waals surface area contributed by atoms with Gasteiger partial charge in [0.15, 0.2) is 0 Å². The van der Waals surface area contributed by atoms with Crippen LogP contribution in [0.25, 0.3) is 0 Å². The molecule has 0 unspecified atom stereocenters. The van der Waals surface area contributed by atoms with Crippen molar-refractivity contribution in [2.75, 3.05) is 5.32 Å². The van der Waals surface area contributed by atoms with Gasteiger partial charge in [-0.05, 0) is 50.3 Å². The van der Waals surface area contributed by atoms with Crippen LogP contribution in [0.2, 0.25) is 5.02 Å². The van der Waals surface area contributed by atoms with E-state index in [4.69, 9.17) is 16.9 Å². The van der Waals surface area contributed by atoms with Gasteiger partial charge in [-0.1, -0.05) is 11.6 Å². The van der Waals surface area contributed by atoms with Crippen molar-refractivity contribution in [3.05, 3.63) is 28.5 Å². The van der Waals surface area contributed by atoms with Gasteiger partial charge in [-0.15, -0.1) is 0 Å². The number of hydrogen-bond acceptors (Lipinski definition) is 2. The minimum absolute atomic E-state index is 0.174. The monoisotopic (exact) mass is 266 g/mol. The van der Waals surface area contributed by atoms with Crippen LogP contribution in [0.3, 0.4) is 0 Å². The van der Waals surface area contributed by atoms with Crippen LogP contribution in [0.5, 0.6) is 0 Å². The third kappa shape index (κ3) is 2.94. The molecule has 1 fully saturated rings. The summed E-state index contributed by atoms with van der Waals surface area (Å²) in [5.74, 6) is -0.0686. The molecule has 1 aliphatic carbocycles. The molecule has 0 spiro atoms. The van der Waals surface area contributed by atoms with Crippen LogP contribution in [-0.2, 0) is 0 Å². The van der Waals surface area contributed by atoms with Crippen molar-refractivity contribution in [1.29, 1.82) is 5.26 Å². The Bertz CT molecular complexity index is 473. The third-order valence-corrected chi connectivity index (χ3v) is 3.83. The Hall–Kier alpha value is -1.27. The highest BCUT2D eigenvalue weighted by Crippen LogP contribution is 2.30. The number of aryl methyl sites for hydroxylation is 1. The van der Waals surface area contributed by atoms with Gasteiger partial charge >= 0.3 is 0 Å². The maximum atomic E-state index is 13.5. The SMILES string of the molecule is Cc1cc(Cl)c(NC2CCC(C#N)CC2)cc1F. The first kappa shape index (κ1) is 13.2. The van der Waals surface area contributed by atoms with Crippen LogP contribution < -0.4 is 5.32 Å². The molecule has 18 heavy (non-hydrogen) atoms. The summed E-state index contributed by atoms with van der Waals surface area (Å²) in [6.07, 6.45) is 3.67. The molecule has 0 saturated heterocycles. The van der Waals surface area contributed by atoms with E-state index in [0.29, 0.717) is 16.3 Å². The minimum atomic E-state index is -0.243. The lowest BCUT2D eigenvalue weighted by Gasteiger charge is -2.27. The zero-order chi connectivity index (χ0) is 13.1. The summed E-state index contributed by atoms with van der Waals surface area (Å²) in [7, 11) is 0. The van der Waals surface area contributed by atoms with E-state index in [9.17, 15) is 4.39 Å². The van der Waals surface area contributed by atoms with E-state index in [2.05, 4.69) is 11.4 Å². The molecule has 0 bridgehead atoms. The lowest BCUT2D eigenvalue weighted by Crippen LogP contribution is -2.25. The summed E-state index contributed by atoms with van der Waals surface area (Å²) < 4.78 is 13.5. The molecule has 1 aliphatic rings. The van der Waals surface area contributed by atoms with E-state index < -0.39 is 0 Å². The molecule has 0 atom stereocenters. The number of nitrogens with one attached hydrogen (secondary N) is 1. The number of nitriles is 1. The number of halogens is 2. The van der Waals surface area contributed by atoms with Crippen LogP contribution in [0.1, 0.15) is 31.2 Å². The van der Waals surface area contributed by atoms with E-state index in [-0.39, 0.29) is 17.8 Å². The van der Waals surface area contributed by atoms with Gasteiger partial charge in [0.25, 0.3) is 0 Å². The van der Waals surface area contributed by atoms with Crippen molar-refractivity contribution in [2.45, 2.75) is 38.6 Å². The predicted molar refractivity (Wildman–Crippen MR) is 71.1 cm³/mol. The van der Waals surface area contributed by atoms with Crippen LogP contribution >= 0.6 is 11.6 Å². The highest BCUT2D eigenvalue weighted by molar-refractivity contribution is 6.33. The quantitative estimate of drug-likeness (QED) is 0.867. The number of benzene rings is 1. The second-order valence-electron chi connectivity index (χ2n) is 4.90. The molecule has 2 nitrogen and oxygen atoms in total. The molecule has 0 aromatic heterocycles. The first-order chi connectivity index (χ1) is 8.60. The second kappa shape index (κ2) is 5.58. The van der Waals surface area contributed by atoms with Crippen LogP contribution in [-0.4, -0.2) is 6.04 Å². The van der Waals surface area contributed by atoms with Gasteiger partial charge in [0.2, 0.25) is 0 Å². The summed E-state index contributed by atoms with van der Waals surface area (Å²) in [5, 5.41) is 12.7. The number of hydrogen-bond donors (Lipinski definition) is 1. The molecule has 96 valence electrons. The molecule has 1 aromatic rings. The minimum Gasteiger partial charge on any atom is -0.381 e. The summed E-state index contributed by atoms with van der Waals surface area (Å²) in [6.45, 7) is 1.70. The molecular formula is C14H16ClFN2. The molecule has 1 aromatic carbocycles. The van der Waals surface area contributed by atoms with Gasteiger partial charge in [0, 0.05) is 12.0 Å². The van der Waals surface area contributed by atoms with Crippen molar-refractivity contribution in [1.82, 2.24) is 0 Å². The molecule has 0 radical (unpaired) electrons. The zero-order valence-electron chi connectivity index (χ0n) is 10.3. The van der Waals surface area contributed by atoms with Crippen LogP contribution in [0, 0.1) is 30.0 Å². The Morgan fingerprint density at radius 2 is 2.00 bits per heavy atom. The standard InChI is InChI=1S/C14H16ClFN2/c1-9-6-12(15)14(7-13(9)16)18-11-4-2-10(8-17)3-5-11/h6-7,10-11,18H,2-5H2,1H3. The Morgan fingerprint density at radius 1 is 1.33 bits per heavy atom. The van der Waals surface area contributed by atoms with Gasteiger partial charge in [-0.3, -0.25) is 0 Å². The van der Waals surface area contributed by atoms with Crippen LogP contribution in [0.4, 0.5) is 10.1 Å².